The number of carbonyl (C=O) groups is 1. The molecule has 1 aromatic heterocycles. The zero-order valence-corrected chi connectivity index (χ0v) is 17.1. The summed E-state index contributed by atoms with van der Waals surface area (Å²) in [5.41, 5.74) is 3.51. The molecule has 0 aliphatic carbocycles. The van der Waals surface area contributed by atoms with Crippen LogP contribution in [0.15, 0.2) is 42.5 Å². The Morgan fingerprint density at radius 1 is 1.37 bits per heavy atom. The Labute approximate surface area is 179 Å². The number of hydrogen-bond acceptors (Lipinski definition) is 5. The van der Waals surface area contributed by atoms with Crippen LogP contribution in [0, 0.1) is 11.3 Å². The van der Waals surface area contributed by atoms with E-state index in [1.54, 1.807) is 30.3 Å². The summed E-state index contributed by atoms with van der Waals surface area (Å²) in [7, 11) is 0. The first kappa shape index (κ1) is 20.1. The number of ether oxygens (including phenoxy) is 1. The number of carboxylic acid groups (broad SMARTS) is 1. The normalized spacial score (nSPS) is 16.9. The molecule has 2 aromatic carbocycles. The molecule has 4 rings (SSSR count). The van der Waals surface area contributed by atoms with Gasteiger partial charge in [-0.05, 0) is 54.8 Å². The molecule has 1 aliphatic heterocycles. The van der Waals surface area contributed by atoms with Crippen LogP contribution in [0.3, 0.4) is 0 Å². The lowest BCUT2D eigenvalue weighted by molar-refractivity contribution is 0.0698. The van der Waals surface area contributed by atoms with Crippen molar-refractivity contribution in [2.45, 2.75) is 25.3 Å². The maximum atomic E-state index is 11.6. The number of nitrogens with one attached hydrogen (secondary N) is 1. The van der Waals surface area contributed by atoms with Gasteiger partial charge in [0.1, 0.15) is 11.8 Å². The largest absolute Gasteiger partial charge is 0.478 e. The summed E-state index contributed by atoms with van der Waals surface area (Å²) in [6.07, 6.45) is 0.852. The average Bonchev–Trinajstić information content (AvgIpc) is 3.27. The third kappa shape index (κ3) is 3.82. The summed E-state index contributed by atoms with van der Waals surface area (Å²) in [6, 6.07) is 14.3. The van der Waals surface area contributed by atoms with Crippen molar-refractivity contribution in [1.82, 2.24) is 4.98 Å². The SMILES string of the molecule is C[C@@H](Nc1ccccc1C(=O)O)c1cc(Cl)cc2nc(C#N)c([C@H]3CCOC3)cc12. The van der Waals surface area contributed by atoms with E-state index in [0.29, 0.717) is 35.1 Å². The van der Waals surface area contributed by atoms with Crippen LogP contribution in [-0.4, -0.2) is 29.3 Å². The van der Waals surface area contributed by atoms with Crippen LogP contribution in [0.2, 0.25) is 5.02 Å². The molecule has 152 valence electrons. The molecular weight excluding hydrogens is 402 g/mol. The molecule has 1 aliphatic rings. The number of nitrogens with zero attached hydrogens (tertiary/aromatic N) is 2. The van der Waals surface area contributed by atoms with Gasteiger partial charge in [0, 0.05) is 34.7 Å². The Hall–Kier alpha value is -3.14. The number of rotatable bonds is 5. The molecule has 2 atom stereocenters. The van der Waals surface area contributed by atoms with Gasteiger partial charge in [-0.15, -0.1) is 0 Å². The Kier molecular flexibility index (Phi) is 5.58. The highest BCUT2D eigenvalue weighted by Gasteiger charge is 2.24. The molecule has 0 unspecified atom stereocenters. The van der Waals surface area contributed by atoms with Crippen LogP contribution in [0.25, 0.3) is 10.9 Å². The van der Waals surface area contributed by atoms with E-state index >= 15 is 0 Å². The Morgan fingerprint density at radius 2 is 2.17 bits per heavy atom. The monoisotopic (exact) mass is 421 g/mol. The summed E-state index contributed by atoms with van der Waals surface area (Å²) in [6.45, 7) is 3.19. The van der Waals surface area contributed by atoms with Crippen molar-refractivity contribution in [1.29, 1.82) is 5.26 Å². The van der Waals surface area contributed by atoms with Crippen LogP contribution in [0.4, 0.5) is 5.69 Å². The minimum absolute atomic E-state index is 0.135. The van der Waals surface area contributed by atoms with Crippen molar-refractivity contribution in [3.63, 3.8) is 0 Å². The molecule has 0 bridgehead atoms. The van der Waals surface area contributed by atoms with Gasteiger partial charge in [-0.3, -0.25) is 0 Å². The Bertz CT molecular complexity index is 1170. The number of halogens is 1. The van der Waals surface area contributed by atoms with Crippen LogP contribution >= 0.6 is 11.6 Å². The van der Waals surface area contributed by atoms with Gasteiger partial charge in [-0.25, -0.2) is 9.78 Å². The van der Waals surface area contributed by atoms with Crippen molar-refractivity contribution >= 4 is 34.2 Å². The van der Waals surface area contributed by atoms with Crippen molar-refractivity contribution in [3.05, 3.63) is 69.9 Å². The van der Waals surface area contributed by atoms with E-state index in [0.717, 1.165) is 22.9 Å². The minimum atomic E-state index is -0.995. The number of anilines is 1. The molecule has 0 spiro atoms. The molecule has 2 heterocycles. The molecule has 3 aromatic rings. The first-order valence-corrected chi connectivity index (χ1v) is 10.1. The highest BCUT2D eigenvalue weighted by atomic mass is 35.5. The van der Waals surface area contributed by atoms with Gasteiger partial charge >= 0.3 is 5.97 Å². The van der Waals surface area contributed by atoms with Gasteiger partial charge < -0.3 is 15.2 Å². The fourth-order valence-corrected chi connectivity index (χ4v) is 4.15. The third-order valence-electron chi connectivity index (χ3n) is 5.43. The quantitative estimate of drug-likeness (QED) is 0.592. The minimum Gasteiger partial charge on any atom is -0.478 e. The molecule has 30 heavy (non-hydrogen) atoms. The van der Waals surface area contributed by atoms with E-state index in [2.05, 4.69) is 16.4 Å². The second-order valence-electron chi connectivity index (χ2n) is 7.38. The standard InChI is InChI=1S/C23H20ClN3O3/c1-13(26-20-5-3-2-4-16(20)23(28)29)17-8-15(24)9-21-19(17)10-18(22(11-25)27-21)14-6-7-30-12-14/h2-5,8-10,13-14,26H,6-7,12H2,1H3,(H,28,29)/t13-,14+/m1/s1. The van der Waals surface area contributed by atoms with Gasteiger partial charge in [0.05, 0.1) is 17.7 Å². The lowest BCUT2D eigenvalue weighted by Gasteiger charge is -2.20. The van der Waals surface area contributed by atoms with Gasteiger partial charge in [0.25, 0.3) is 0 Å². The van der Waals surface area contributed by atoms with Crippen LogP contribution in [0.1, 0.15) is 52.5 Å². The van der Waals surface area contributed by atoms with E-state index in [-0.39, 0.29) is 17.5 Å². The molecule has 0 saturated carbocycles. The van der Waals surface area contributed by atoms with Gasteiger partial charge in [0.2, 0.25) is 0 Å². The Morgan fingerprint density at radius 3 is 2.87 bits per heavy atom. The first-order valence-electron chi connectivity index (χ1n) is 9.68. The van der Waals surface area contributed by atoms with Crippen molar-refractivity contribution < 1.29 is 14.6 Å². The second kappa shape index (κ2) is 8.31. The summed E-state index contributed by atoms with van der Waals surface area (Å²) < 4.78 is 5.51. The molecule has 1 fully saturated rings. The first-order chi connectivity index (χ1) is 14.5. The maximum Gasteiger partial charge on any atom is 0.337 e. The zero-order chi connectivity index (χ0) is 21.3. The predicted octanol–water partition coefficient (Wildman–Crippen LogP) is 5.14. The maximum absolute atomic E-state index is 11.6. The zero-order valence-electron chi connectivity index (χ0n) is 16.4. The van der Waals surface area contributed by atoms with Crippen molar-refractivity contribution in [2.24, 2.45) is 0 Å². The average molecular weight is 422 g/mol. The summed E-state index contributed by atoms with van der Waals surface area (Å²) in [5, 5.41) is 23.8. The highest BCUT2D eigenvalue weighted by Crippen LogP contribution is 2.35. The lowest BCUT2D eigenvalue weighted by Crippen LogP contribution is -2.12. The summed E-state index contributed by atoms with van der Waals surface area (Å²) >= 11 is 6.35. The Balaban J connectivity index is 1.81. The summed E-state index contributed by atoms with van der Waals surface area (Å²) in [4.78, 5) is 16.1. The number of para-hydroxylation sites is 1. The number of nitriles is 1. The predicted molar refractivity (Wildman–Crippen MR) is 115 cm³/mol. The number of aromatic nitrogens is 1. The van der Waals surface area contributed by atoms with E-state index in [4.69, 9.17) is 16.3 Å². The van der Waals surface area contributed by atoms with Crippen LogP contribution in [-0.2, 0) is 4.74 Å². The molecule has 0 radical (unpaired) electrons. The fraction of sp³-hybridized carbons (Fsp3) is 0.261. The van der Waals surface area contributed by atoms with Gasteiger partial charge in [-0.1, -0.05) is 23.7 Å². The van der Waals surface area contributed by atoms with Crippen molar-refractivity contribution in [2.75, 3.05) is 18.5 Å². The molecule has 7 heteroatoms. The molecule has 2 N–H and O–H groups in total. The number of carboxylic acids is 1. The smallest absolute Gasteiger partial charge is 0.337 e. The topological polar surface area (TPSA) is 95.2 Å². The van der Waals surface area contributed by atoms with Gasteiger partial charge in [-0.2, -0.15) is 5.26 Å². The van der Waals surface area contributed by atoms with E-state index < -0.39 is 5.97 Å². The number of fused-ring (bicyclic) bond motifs is 1. The second-order valence-corrected chi connectivity index (χ2v) is 7.81. The van der Waals surface area contributed by atoms with E-state index in [9.17, 15) is 15.2 Å². The highest BCUT2D eigenvalue weighted by molar-refractivity contribution is 6.31. The number of benzene rings is 2. The molecular formula is C23H20ClN3O3. The third-order valence-corrected chi connectivity index (χ3v) is 5.65. The number of aromatic carboxylic acids is 1. The van der Waals surface area contributed by atoms with Gasteiger partial charge in [0.15, 0.2) is 0 Å². The summed E-state index contributed by atoms with van der Waals surface area (Å²) in [5.74, 6) is -0.860. The van der Waals surface area contributed by atoms with Crippen LogP contribution in [0.5, 0.6) is 0 Å². The number of hydrogen-bond donors (Lipinski definition) is 2. The molecule has 0 amide bonds. The van der Waals surface area contributed by atoms with E-state index in [1.165, 1.54) is 0 Å². The fourth-order valence-electron chi connectivity index (χ4n) is 3.93. The lowest BCUT2D eigenvalue weighted by atomic mass is 9.93. The molecule has 1 saturated heterocycles. The van der Waals surface area contributed by atoms with E-state index in [1.807, 2.05) is 19.1 Å². The van der Waals surface area contributed by atoms with Crippen molar-refractivity contribution in [3.8, 4) is 6.07 Å². The van der Waals surface area contributed by atoms with Crippen LogP contribution < -0.4 is 5.32 Å². The number of pyridine rings is 1. The molecule has 6 nitrogen and oxygen atoms in total.